The molecule has 0 fully saturated rings. The predicted octanol–water partition coefficient (Wildman–Crippen LogP) is 3.08. The van der Waals surface area contributed by atoms with E-state index in [0.717, 1.165) is 6.07 Å². The van der Waals surface area contributed by atoms with E-state index in [1.54, 1.807) is 6.07 Å². The first-order valence-corrected chi connectivity index (χ1v) is 7.50. The van der Waals surface area contributed by atoms with Crippen LogP contribution in [0.5, 0.6) is 0 Å². The van der Waals surface area contributed by atoms with Crippen molar-refractivity contribution in [1.82, 2.24) is 10.2 Å². The highest BCUT2D eigenvalue weighted by atomic mass is 19.4. The van der Waals surface area contributed by atoms with E-state index in [2.05, 4.69) is 5.32 Å². The molecule has 0 aliphatic heterocycles. The average Bonchev–Trinajstić information content (AvgIpc) is 3.08. The van der Waals surface area contributed by atoms with E-state index in [-0.39, 0.29) is 36.7 Å². The fourth-order valence-corrected chi connectivity index (χ4v) is 2.25. The summed E-state index contributed by atoms with van der Waals surface area (Å²) in [4.78, 5) is 24.9. The first-order valence-electron chi connectivity index (χ1n) is 7.50. The van der Waals surface area contributed by atoms with Gasteiger partial charge in [-0.1, -0.05) is 18.2 Å². The maximum absolute atomic E-state index is 13.0. The summed E-state index contributed by atoms with van der Waals surface area (Å²) in [6.07, 6.45) is -3.15. The summed E-state index contributed by atoms with van der Waals surface area (Å²) in [5.74, 6) is -0.709. The predicted molar refractivity (Wildman–Crippen MR) is 83.6 cm³/mol. The quantitative estimate of drug-likeness (QED) is 0.867. The van der Waals surface area contributed by atoms with Crippen LogP contribution >= 0.6 is 0 Å². The van der Waals surface area contributed by atoms with E-state index >= 15 is 0 Å². The molecule has 0 aliphatic rings. The third-order valence-electron chi connectivity index (χ3n) is 3.53. The first-order chi connectivity index (χ1) is 11.8. The Hall–Kier alpha value is -2.77. The highest BCUT2D eigenvalue weighted by Gasteiger charge is 2.33. The van der Waals surface area contributed by atoms with Crippen molar-refractivity contribution in [2.75, 3.05) is 13.6 Å². The van der Waals surface area contributed by atoms with Crippen LogP contribution in [0.25, 0.3) is 0 Å². The molecular formula is C17H17F3N2O3. The van der Waals surface area contributed by atoms with Crippen molar-refractivity contribution in [3.05, 3.63) is 59.5 Å². The molecule has 0 unspecified atom stereocenters. The average molecular weight is 354 g/mol. The lowest BCUT2D eigenvalue weighted by molar-refractivity contribution is -0.139. The fraction of sp³-hybridized carbons (Fsp3) is 0.294. The Kier molecular flexibility index (Phi) is 5.84. The van der Waals surface area contributed by atoms with E-state index in [1.165, 1.54) is 42.5 Å². The van der Waals surface area contributed by atoms with Gasteiger partial charge < -0.3 is 14.6 Å². The summed E-state index contributed by atoms with van der Waals surface area (Å²) in [5.41, 5.74) is -0.744. The zero-order valence-electron chi connectivity index (χ0n) is 13.5. The lowest BCUT2D eigenvalue weighted by Gasteiger charge is -2.20. The first kappa shape index (κ1) is 18.6. The van der Waals surface area contributed by atoms with Crippen molar-refractivity contribution in [3.8, 4) is 0 Å². The van der Waals surface area contributed by atoms with Crippen molar-refractivity contribution in [1.29, 1.82) is 0 Å². The number of alkyl halides is 3. The van der Waals surface area contributed by atoms with Crippen molar-refractivity contribution >= 4 is 11.8 Å². The molecule has 1 heterocycles. The largest absolute Gasteiger partial charge is 0.459 e. The van der Waals surface area contributed by atoms with Gasteiger partial charge in [0.2, 0.25) is 5.91 Å². The van der Waals surface area contributed by atoms with Crippen LogP contribution in [0.3, 0.4) is 0 Å². The zero-order valence-corrected chi connectivity index (χ0v) is 13.5. The van der Waals surface area contributed by atoms with E-state index < -0.39 is 17.6 Å². The molecule has 8 heteroatoms. The van der Waals surface area contributed by atoms with Crippen molar-refractivity contribution in [2.24, 2.45) is 0 Å². The molecule has 2 amide bonds. The van der Waals surface area contributed by atoms with Gasteiger partial charge in [0.05, 0.1) is 11.8 Å². The number of carbonyl (C=O) groups is 2. The number of halogens is 3. The minimum absolute atomic E-state index is 0.0190. The molecule has 1 N–H and O–H groups in total. The molecular weight excluding hydrogens is 337 g/mol. The maximum atomic E-state index is 13.0. The number of carbonyl (C=O) groups excluding carboxylic acids is 2. The Bertz CT molecular complexity index is 727. The smallest absolute Gasteiger partial charge is 0.416 e. The van der Waals surface area contributed by atoms with E-state index in [0.29, 0.717) is 0 Å². The van der Waals surface area contributed by atoms with Crippen LogP contribution in [0, 0.1) is 0 Å². The van der Waals surface area contributed by atoms with Gasteiger partial charge >= 0.3 is 6.18 Å². The van der Waals surface area contributed by atoms with Gasteiger partial charge in [-0.3, -0.25) is 9.59 Å². The molecule has 134 valence electrons. The standard InChI is InChI=1S/C17H17F3N2O3/c1-22(11-12-5-2-3-6-13(12)17(18,19)20)15(23)8-9-21-16(24)14-7-4-10-25-14/h2-7,10H,8-9,11H2,1H3,(H,21,24). The summed E-state index contributed by atoms with van der Waals surface area (Å²) < 4.78 is 43.8. The lowest BCUT2D eigenvalue weighted by atomic mass is 10.1. The minimum atomic E-state index is -4.47. The minimum Gasteiger partial charge on any atom is -0.459 e. The number of nitrogens with zero attached hydrogens (tertiary/aromatic N) is 1. The van der Waals surface area contributed by atoms with Crippen LogP contribution in [-0.2, 0) is 17.5 Å². The van der Waals surface area contributed by atoms with Gasteiger partial charge in [-0.2, -0.15) is 13.2 Å². The molecule has 2 aromatic rings. The molecule has 5 nitrogen and oxygen atoms in total. The Morgan fingerprint density at radius 3 is 2.52 bits per heavy atom. The lowest BCUT2D eigenvalue weighted by Crippen LogP contribution is -2.32. The molecule has 0 aliphatic carbocycles. The van der Waals surface area contributed by atoms with Crippen molar-refractivity contribution < 1.29 is 27.2 Å². The molecule has 25 heavy (non-hydrogen) atoms. The van der Waals surface area contributed by atoms with Gasteiger partial charge in [0, 0.05) is 26.6 Å². The van der Waals surface area contributed by atoms with Gasteiger partial charge in [0.1, 0.15) is 0 Å². The molecule has 0 bridgehead atoms. The molecule has 0 radical (unpaired) electrons. The van der Waals surface area contributed by atoms with Crippen LogP contribution in [0.4, 0.5) is 13.2 Å². The topological polar surface area (TPSA) is 62.6 Å². The third-order valence-corrected chi connectivity index (χ3v) is 3.53. The summed E-state index contributed by atoms with van der Waals surface area (Å²) in [7, 11) is 1.42. The van der Waals surface area contributed by atoms with Crippen LogP contribution in [0.2, 0.25) is 0 Å². The zero-order chi connectivity index (χ0) is 18.4. The molecule has 2 rings (SSSR count). The highest BCUT2D eigenvalue weighted by Crippen LogP contribution is 2.32. The number of hydrogen-bond donors (Lipinski definition) is 1. The van der Waals surface area contributed by atoms with Crippen molar-refractivity contribution in [3.63, 3.8) is 0 Å². The van der Waals surface area contributed by atoms with Crippen LogP contribution in [0.1, 0.15) is 28.1 Å². The second-order valence-electron chi connectivity index (χ2n) is 5.39. The molecule has 0 spiro atoms. The van der Waals surface area contributed by atoms with Gasteiger partial charge in [0.25, 0.3) is 5.91 Å². The Morgan fingerprint density at radius 2 is 1.88 bits per heavy atom. The molecule has 1 aromatic heterocycles. The number of amides is 2. The van der Waals surface area contributed by atoms with E-state index in [4.69, 9.17) is 4.42 Å². The normalized spacial score (nSPS) is 11.2. The van der Waals surface area contributed by atoms with E-state index in [9.17, 15) is 22.8 Å². The Balaban J connectivity index is 1.88. The number of nitrogens with one attached hydrogen (secondary N) is 1. The van der Waals surface area contributed by atoms with Crippen molar-refractivity contribution in [2.45, 2.75) is 19.1 Å². The van der Waals surface area contributed by atoms with Gasteiger partial charge in [0.15, 0.2) is 5.76 Å². The number of furan rings is 1. The van der Waals surface area contributed by atoms with Gasteiger partial charge in [-0.25, -0.2) is 0 Å². The molecule has 0 atom stereocenters. The van der Waals surface area contributed by atoms with E-state index in [1.807, 2.05) is 0 Å². The monoisotopic (exact) mass is 354 g/mol. The van der Waals surface area contributed by atoms with Gasteiger partial charge in [-0.05, 0) is 23.8 Å². The summed E-state index contributed by atoms with van der Waals surface area (Å²) >= 11 is 0. The second-order valence-corrected chi connectivity index (χ2v) is 5.39. The fourth-order valence-electron chi connectivity index (χ4n) is 2.25. The molecule has 1 aromatic carbocycles. The highest BCUT2D eigenvalue weighted by molar-refractivity contribution is 5.91. The molecule has 0 saturated carbocycles. The molecule has 0 saturated heterocycles. The van der Waals surface area contributed by atoms with Crippen LogP contribution in [-0.4, -0.2) is 30.3 Å². The Labute approximate surface area is 142 Å². The summed E-state index contributed by atoms with van der Waals surface area (Å²) in [6.45, 7) is -0.107. The van der Waals surface area contributed by atoms with Crippen LogP contribution < -0.4 is 5.32 Å². The third kappa shape index (κ3) is 5.10. The van der Waals surface area contributed by atoms with Gasteiger partial charge in [-0.15, -0.1) is 0 Å². The SMILES string of the molecule is CN(Cc1ccccc1C(F)(F)F)C(=O)CCNC(=O)c1ccco1. The summed E-state index contributed by atoms with van der Waals surface area (Å²) in [5, 5.41) is 2.51. The Morgan fingerprint density at radius 1 is 1.16 bits per heavy atom. The number of benzene rings is 1. The maximum Gasteiger partial charge on any atom is 0.416 e. The van der Waals surface area contributed by atoms with Crippen LogP contribution in [0.15, 0.2) is 47.1 Å². The number of hydrogen-bond acceptors (Lipinski definition) is 3. The summed E-state index contributed by atoms with van der Waals surface area (Å²) in [6, 6.07) is 8.16. The second kappa shape index (κ2) is 7.87. The number of rotatable bonds is 6.